The molecule has 0 nitrogen and oxygen atoms in total. The minimum atomic E-state index is 0.601. The molecule has 13 heavy (non-hydrogen) atoms. The van der Waals surface area contributed by atoms with E-state index in [1.165, 1.54) is 16.0 Å². The van der Waals surface area contributed by atoms with E-state index in [9.17, 15) is 0 Å². The van der Waals surface area contributed by atoms with Crippen LogP contribution in [0.3, 0.4) is 0 Å². The standard InChI is InChI=1S/C11H13ClS/c1-9(8-12)7-10-3-5-11(13-2)6-4-10/h3-7H,8H2,1-2H3/b9-7-. The van der Waals surface area contributed by atoms with Crippen molar-refractivity contribution in [3.63, 3.8) is 0 Å². The number of thioether (sulfide) groups is 1. The summed E-state index contributed by atoms with van der Waals surface area (Å²) in [5, 5.41) is 0. The Bertz CT molecular complexity index is 287. The highest BCUT2D eigenvalue weighted by Gasteiger charge is 1.91. The van der Waals surface area contributed by atoms with Gasteiger partial charge in [-0.1, -0.05) is 23.8 Å². The average molecular weight is 213 g/mol. The summed E-state index contributed by atoms with van der Waals surface area (Å²) in [4.78, 5) is 1.29. The number of rotatable bonds is 3. The second-order valence-electron chi connectivity index (χ2n) is 2.90. The van der Waals surface area contributed by atoms with Gasteiger partial charge in [0.15, 0.2) is 0 Å². The van der Waals surface area contributed by atoms with Crippen molar-refractivity contribution in [2.75, 3.05) is 12.1 Å². The Morgan fingerprint density at radius 3 is 2.46 bits per heavy atom. The highest BCUT2D eigenvalue weighted by molar-refractivity contribution is 7.98. The Morgan fingerprint density at radius 1 is 1.38 bits per heavy atom. The van der Waals surface area contributed by atoms with Gasteiger partial charge in [-0.2, -0.15) is 0 Å². The molecular formula is C11H13ClS. The van der Waals surface area contributed by atoms with Crippen molar-refractivity contribution in [1.82, 2.24) is 0 Å². The van der Waals surface area contributed by atoms with Crippen LogP contribution in [0.1, 0.15) is 12.5 Å². The highest BCUT2D eigenvalue weighted by atomic mass is 35.5. The molecule has 0 heterocycles. The Labute approximate surface area is 89.0 Å². The van der Waals surface area contributed by atoms with Crippen LogP contribution in [0.25, 0.3) is 6.08 Å². The fraction of sp³-hybridized carbons (Fsp3) is 0.273. The fourth-order valence-corrected chi connectivity index (χ4v) is 1.51. The number of halogens is 1. The SMILES string of the molecule is CSc1ccc(/C=C(/C)CCl)cc1. The van der Waals surface area contributed by atoms with Crippen LogP contribution in [-0.4, -0.2) is 12.1 Å². The Morgan fingerprint density at radius 2 is 2.00 bits per heavy atom. The van der Waals surface area contributed by atoms with E-state index < -0.39 is 0 Å². The van der Waals surface area contributed by atoms with Crippen molar-refractivity contribution in [1.29, 1.82) is 0 Å². The van der Waals surface area contributed by atoms with Crippen LogP contribution >= 0.6 is 23.4 Å². The van der Waals surface area contributed by atoms with Crippen molar-refractivity contribution in [3.05, 3.63) is 35.4 Å². The highest BCUT2D eigenvalue weighted by Crippen LogP contribution is 2.16. The first-order chi connectivity index (χ1) is 6.26. The lowest BCUT2D eigenvalue weighted by Gasteiger charge is -1.98. The Hall–Kier alpha value is -0.400. The summed E-state index contributed by atoms with van der Waals surface area (Å²) >= 11 is 7.44. The van der Waals surface area contributed by atoms with Gasteiger partial charge >= 0.3 is 0 Å². The third kappa shape index (κ3) is 3.45. The molecule has 1 aromatic carbocycles. The van der Waals surface area contributed by atoms with Gasteiger partial charge in [-0.05, 0) is 30.9 Å². The summed E-state index contributed by atoms with van der Waals surface area (Å²) in [7, 11) is 0. The predicted molar refractivity (Wildman–Crippen MR) is 62.6 cm³/mol. The lowest BCUT2D eigenvalue weighted by atomic mass is 10.1. The Kier molecular flexibility index (Phi) is 4.40. The summed E-state index contributed by atoms with van der Waals surface area (Å²) in [6, 6.07) is 8.47. The van der Waals surface area contributed by atoms with Crippen LogP contribution in [0.2, 0.25) is 0 Å². The molecule has 0 amide bonds. The van der Waals surface area contributed by atoms with Crippen molar-refractivity contribution in [2.24, 2.45) is 0 Å². The van der Waals surface area contributed by atoms with E-state index >= 15 is 0 Å². The van der Waals surface area contributed by atoms with E-state index in [4.69, 9.17) is 11.6 Å². The second-order valence-corrected chi connectivity index (χ2v) is 4.04. The van der Waals surface area contributed by atoms with Crippen LogP contribution in [0, 0.1) is 0 Å². The molecule has 0 aromatic heterocycles. The van der Waals surface area contributed by atoms with Crippen molar-refractivity contribution in [3.8, 4) is 0 Å². The van der Waals surface area contributed by atoms with E-state index in [1.807, 2.05) is 6.92 Å². The molecule has 0 aliphatic heterocycles. The molecule has 0 aliphatic carbocycles. The molecule has 70 valence electrons. The third-order valence-corrected chi connectivity index (χ3v) is 2.90. The summed E-state index contributed by atoms with van der Waals surface area (Å²) in [5.41, 5.74) is 2.41. The molecule has 0 bridgehead atoms. The molecule has 0 unspecified atom stereocenters. The monoisotopic (exact) mass is 212 g/mol. The number of allylic oxidation sites excluding steroid dienone is 1. The minimum Gasteiger partial charge on any atom is -0.130 e. The molecule has 1 rings (SSSR count). The lowest BCUT2D eigenvalue weighted by Crippen LogP contribution is -1.78. The molecule has 0 fully saturated rings. The zero-order valence-electron chi connectivity index (χ0n) is 7.88. The van der Waals surface area contributed by atoms with Crippen molar-refractivity contribution in [2.45, 2.75) is 11.8 Å². The molecule has 0 radical (unpaired) electrons. The normalized spacial score (nSPS) is 11.8. The molecule has 0 aliphatic rings. The van der Waals surface area contributed by atoms with Gasteiger partial charge in [0.1, 0.15) is 0 Å². The van der Waals surface area contributed by atoms with E-state index in [2.05, 4.69) is 36.6 Å². The largest absolute Gasteiger partial charge is 0.130 e. The molecule has 0 saturated carbocycles. The van der Waals surface area contributed by atoms with Crippen LogP contribution in [-0.2, 0) is 0 Å². The average Bonchev–Trinajstić information content (AvgIpc) is 2.19. The third-order valence-electron chi connectivity index (χ3n) is 1.74. The Balaban J connectivity index is 2.80. The van der Waals surface area contributed by atoms with Crippen molar-refractivity contribution < 1.29 is 0 Å². The maximum atomic E-state index is 5.69. The van der Waals surface area contributed by atoms with Crippen LogP contribution in [0.15, 0.2) is 34.7 Å². The van der Waals surface area contributed by atoms with Gasteiger partial charge in [0, 0.05) is 10.8 Å². The summed E-state index contributed by atoms with van der Waals surface area (Å²) in [5.74, 6) is 0.601. The van der Waals surface area contributed by atoms with E-state index in [0.717, 1.165) is 0 Å². The first kappa shape index (κ1) is 10.7. The molecule has 0 atom stereocenters. The molecule has 0 spiro atoms. The van der Waals surface area contributed by atoms with Crippen molar-refractivity contribution >= 4 is 29.4 Å². The molecular weight excluding hydrogens is 200 g/mol. The number of hydrogen-bond donors (Lipinski definition) is 0. The fourth-order valence-electron chi connectivity index (χ4n) is 1.02. The number of benzene rings is 1. The van der Waals surface area contributed by atoms with Gasteiger partial charge in [-0.25, -0.2) is 0 Å². The van der Waals surface area contributed by atoms with Crippen LogP contribution < -0.4 is 0 Å². The maximum Gasteiger partial charge on any atom is 0.0434 e. The first-order valence-electron chi connectivity index (χ1n) is 4.13. The molecule has 2 heteroatoms. The smallest absolute Gasteiger partial charge is 0.0434 e. The molecule has 0 saturated heterocycles. The first-order valence-corrected chi connectivity index (χ1v) is 5.89. The van der Waals surface area contributed by atoms with Crippen LogP contribution in [0.4, 0.5) is 0 Å². The van der Waals surface area contributed by atoms with Gasteiger partial charge in [0.25, 0.3) is 0 Å². The van der Waals surface area contributed by atoms with Gasteiger partial charge in [-0.15, -0.1) is 23.4 Å². The van der Waals surface area contributed by atoms with Gasteiger partial charge in [0.05, 0.1) is 0 Å². The topological polar surface area (TPSA) is 0 Å². The number of hydrogen-bond acceptors (Lipinski definition) is 1. The van der Waals surface area contributed by atoms with E-state index in [0.29, 0.717) is 5.88 Å². The zero-order valence-corrected chi connectivity index (χ0v) is 9.45. The second kappa shape index (κ2) is 5.36. The molecule has 0 N–H and O–H groups in total. The van der Waals surface area contributed by atoms with E-state index in [1.54, 1.807) is 11.8 Å². The van der Waals surface area contributed by atoms with Gasteiger partial charge in [0.2, 0.25) is 0 Å². The van der Waals surface area contributed by atoms with Gasteiger partial charge < -0.3 is 0 Å². The number of alkyl halides is 1. The van der Waals surface area contributed by atoms with E-state index in [-0.39, 0.29) is 0 Å². The predicted octanol–water partition coefficient (Wildman–Crippen LogP) is 4.05. The van der Waals surface area contributed by atoms with Crippen LogP contribution in [0.5, 0.6) is 0 Å². The summed E-state index contributed by atoms with van der Waals surface area (Å²) in [6.45, 7) is 2.04. The summed E-state index contributed by atoms with van der Waals surface area (Å²) in [6.07, 6.45) is 4.19. The maximum absolute atomic E-state index is 5.69. The summed E-state index contributed by atoms with van der Waals surface area (Å²) < 4.78 is 0. The molecule has 1 aromatic rings. The quantitative estimate of drug-likeness (QED) is 0.538. The zero-order chi connectivity index (χ0) is 9.68. The lowest BCUT2D eigenvalue weighted by molar-refractivity contribution is 1.41. The van der Waals surface area contributed by atoms with Gasteiger partial charge in [-0.3, -0.25) is 0 Å². The minimum absolute atomic E-state index is 0.601.